The standard InChI is InChI=1S/C45H43N3O4S2/c1-51-45(32-10-6-3-7-11-32)22-24-48(25-23-45)33-26-36(41-39(27-33)53-44(47-41)31-14-18-35(50)19-15-31)40-38(52-28-29-8-4-2-5-9-29)21-20-37-42(40)54-43(46-37)30-12-16-34(49)17-13-30/h2,4-5,8-9,12-21,26-27,32,49-50H,3,6-7,10-11,22-25,28H2,1H3. The maximum absolute atomic E-state index is 10.1. The number of anilines is 1. The van der Waals surface area contributed by atoms with Crippen LogP contribution in [0.25, 0.3) is 52.7 Å². The molecule has 0 amide bonds. The number of phenolic OH excluding ortho intramolecular Hbond substituents is 2. The van der Waals surface area contributed by atoms with Gasteiger partial charge in [-0.05, 0) is 110 Å². The molecule has 2 aliphatic rings. The highest BCUT2D eigenvalue weighted by atomic mass is 32.1. The molecule has 0 bridgehead atoms. The first-order chi connectivity index (χ1) is 26.5. The van der Waals surface area contributed by atoms with E-state index in [2.05, 4.69) is 29.2 Å². The number of piperidine rings is 1. The highest BCUT2D eigenvalue weighted by Crippen LogP contribution is 2.49. The monoisotopic (exact) mass is 753 g/mol. The lowest BCUT2D eigenvalue weighted by molar-refractivity contribution is -0.0856. The highest BCUT2D eigenvalue weighted by molar-refractivity contribution is 7.22. The number of phenols is 2. The van der Waals surface area contributed by atoms with Crippen molar-refractivity contribution in [3.05, 3.63) is 109 Å². The summed E-state index contributed by atoms with van der Waals surface area (Å²) in [7, 11) is 1.93. The van der Waals surface area contributed by atoms with Gasteiger partial charge in [0.2, 0.25) is 0 Å². The van der Waals surface area contributed by atoms with Gasteiger partial charge in [0.1, 0.15) is 33.9 Å². The van der Waals surface area contributed by atoms with Crippen LogP contribution >= 0.6 is 22.7 Å². The molecule has 1 aliphatic heterocycles. The molecule has 1 aliphatic carbocycles. The van der Waals surface area contributed by atoms with Crippen LogP contribution in [0.1, 0.15) is 50.5 Å². The lowest BCUT2D eigenvalue weighted by Gasteiger charge is -2.47. The summed E-state index contributed by atoms with van der Waals surface area (Å²) >= 11 is 3.31. The number of rotatable bonds is 9. The third-order valence-corrected chi connectivity index (χ3v) is 13.7. The summed E-state index contributed by atoms with van der Waals surface area (Å²) in [5, 5.41) is 21.8. The van der Waals surface area contributed by atoms with Crippen LogP contribution in [-0.4, -0.2) is 46.0 Å². The van der Waals surface area contributed by atoms with E-state index in [1.165, 1.54) is 37.8 Å². The molecule has 9 heteroatoms. The normalized spacial score (nSPS) is 16.3. The Balaban J connectivity index is 1.20. The fourth-order valence-corrected chi connectivity index (χ4v) is 10.6. The Morgan fingerprint density at radius 1 is 0.759 bits per heavy atom. The van der Waals surface area contributed by atoms with Crippen molar-refractivity contribution in [2.75, 3.05) is 25.1 Å². The summed E-state index contributed by atoms with van der Waals surface area (Å²) in [5.41, 5.74) is 7.89. The van der Waals surface area contributed by atoms with Crippen molar-refractivity contribution in [2.45, 2.75) is 57.2 Å². The Bertz CT molecular complexity index is 2390. The second-order valence-corrected chi connectivity index (χ2v) is 16.7. The van der Waals surface area contributed by atoms with Gasteiger partial charge >= 0.3 is 0 Å². The average Bonchev–Trinajstić information content (AvgIpc) is 3.86. The number of nitrogens with zero attached hydrogens (tertiary/aromatic N) is 3. The van der Waals surface area contributed by atoms with Crippen molar-refractivity contribution >= 4 is 48.8 Å². The number of thiazole rings is 2. The Morgan fingerprint density at radius 2 is 1.43 bits per heavy atom. The summed E-state index contributed by atoms with van der Waals surface area (Å²) in [5.74, 6) is 1.86. The molecule has 0 spiro atoms. The van der Waals surface area contributed by atoms with Crippen LogP contribution in [0.15, 0.2) is 103 Å². The number of ether oxygens (including phenoxy) is 2. The first-order valence-electron chi connectivity index (χ1n) is 18.9. The molecule has 7 aromatic rings. The molecule has 9 rings (SSSR count). The number of hydrogen-bond donors (Lipinski definition) is 2. The molecule has 0 unspecified atom stereocenters. The zero-order valence-electron chi connectivity index (χ0n) is 30.3. The molecule has 2 fully saturated rings. The van der Waals surface area contributed by atoms with Crippen LogP contribution in [0, 0.1) is 5.92 Å². The first-order valence-corrected chi connectivity index (χ1v) is 20.5. The lowest BCUT2D eigenvalue weighted by atomic mass is 9.72. The van der Waals surface area contributed by atoms with Gasteiger partial charge in [-0.3, -0.25) is 0 Å². The fourth-order valence-electron chi connectivity index (χ4n) is 8.48. The van der Waals surface area contributed by atoms with Crippen LogP contribution in [0.2, 0.25) is 0 Å². The second-order valence-electron chi connectivity index (χ2n) is 14.6. The molecule has 54 heavy (non-hydrogen) atoms. The van der Waals surface area contributed by atoms with Crippen LogP contribution < -0.4 is 9.64 Å². The van der Waals surface area contributed by atoms with Gasteiger partial charge in [0.05, 0.1) is 26.0 Å². The van der Waals surface area contributed by atoms with Gasteiger partial charge in [-0.15, -0.1) is 22.7 Å². The Kier molecular flexibility index (Phi) is 9.47. The van der Waals surface area contributed by atoms with E-state index in [0.717, 1.165) is 89.9 Å². The largest absolute Gasteiger partial charge is 0.508 e. The third-order valence-electron chi connectivity index (χ3n) is 11.5. The van der Waals surface area contributed by atoms with E-state index in [-0.39, 0.29) is 17.1 Å². The van der Waals surface area contributed by atoms with Gasteiger partial charge in [-0.25, -0.2) is 9.97 Å². The number of methoxy groups -OCH3 is 1. The lowest BCUT2D eigenvalue weighted by Crippen LogP contribution is -2.50. The molecule has 2 N–H and O–H groups in total. The van der Waals surface area contributed by atoms with Gasteiger partial charge < -0.3 is 24.6 Å². The fraction of sp³-hybridized carbons (Fsp3) is 0.289. The minimum Gasteiger partial charge on any atom is -0.508 e. The van der Waals surface area contributed by atoms with Gasteiger partial charge in [0, 0.05) is 48.1 Å². The maximum Gasteiger partial charge on any atom is 0.129 e. The summed E-state index contributed by atoms with van der Waals surface area (Å²) in [6, 6.07) is 33.5. The van der Waals surface area contributed by atoms with Crippen molar-refractivity contribution in [2.24, 2.45) is 5.92 Å². The van der Waals surface area contributed by atoms with Crippen LogP contribution in [0.4, 0.5) is 5.69 Å². The van der Waals surface area contributed by atoms with Crippen molar-refractivity contribution in [1.82, 2.24) is 9.97 Å². The van der Waals surface area contributed by atoms with Gasteiger partial charge in [-0.1, -0.05) is 49.6 Å². The molecule has 1 saturated heterocycles. The topological polar surface area (TPSA) is 87.9 Å². The highest BCUT2D eigenvalue weighted by Gasteiger charge is 2.42. The predicted molar refractivity (Wildman–Crippen MR) is 221 cm³/mol. The maximum atomic E-state index is 10.1. The molecule has 0 atom stereocenters. The zero-order valence-corrected chi connectivity index (χ0v) is 32.0. The molecule has 7 nitrogen and oxygen atoms in total. The summed E-state index contributed by atoms with van der Waals surface area (Å²) in [4.78, 5) is 12.9. The molecular weight excluding hydrogens is 711 g/mol. The molecule has 0 radical (unpaired) electrons. The van der Waals surface area contributed by atoms with Crippen molar-refractivity contribution in [3.8, 4) is 49.5 Å². The van der Waals surface area contributed by atoms with E-state index >= 15 is 0 Å². The number of hydrogen-bond acceptors (Lipinski definition) is 9. The molecular formula is C45H43N3O4S2. The molecule has 5 aromatic carbocycles. The first kappa shape index (κ1) is 34.8. The third kappa shape index (κ3) is 6.69. The van der Waals surface area contributed by atoms with E-state index in [1.807, 2.05) is 61.7 Å². The molecule has 274 valence electrons. The Labute approximate surface area is 323 Å². The van der Waals surface area contributed by atoms with E-state index in [4.69, 9.17) is 19.4 Å². The van der Waals surface area contributed by atoms with Crippen LogP contribution in [-0.2, 0) is 11.3 Å². The van der Waals surface area contributed by atoms with Crippen LogP contribution in [0.5, 0.6) is 17.2 Å². The average molecular weight is 754 g/mol. The molecule has 1 saturated carbocycles. The number of benzene rings is 5. The van der Waals surface area contributed by atoms with Gasteiger partial charge in [0.25, 0.3) is 0 Å². The van der Waals surface area contributed by atoms with E-state index in [0.29, 0.717) is 12.5 Å². The number of aromatic nitrogens is 2. The van der Waals surface area contributed by atoms with Crippen molar-refractivity contribution < 1.29 is 19.7 Å². The van der Waals surface area contributed by atoms with Gasteiger partial charge in [-0.2, -0.15) is 0 Å². The molecule has 3 heterocycles. The quantitative estimate of drug-likeness (QED) is 0.152. The number of fused-ring (bicyclic) bond motifs is 2. The summed E-state index contributed by atoms with van der Waals surface area (Å²) in [6.45, 7) is 2.27. The smallest absolute Gasteiger partial charge is 0.129 e. The second kappa shape index (κ2) is 14.7. The minimum absolute atomic E-state index is 0.0579. The zero-order chi connectivity index (χ0) is 36.6. The Hall–Kier alpha value is -4.96. The van der Waals surface area contributed by atoms with E-state index in [9.17, 15) is 10.2 Å². The number of aromatic hydroxyl groups is 2. The van der Waals surface area contributed by atoms with Gasteiger partial charge in [0.15, 0.2) is 0 Å². The van der Waals surface area contributed by atoms with E-state index in [1.54, 1.807) is 46.9 Å². The molecule has 2 aromatic heterocycles. The summed E-state index contributed by atoms with van der Waals surface area (Å²) in [6.07, 6.45) is 8.50. The minimum atomic E-state index is -0.0579. The SMILES string of the molecule is COC1(C2CCCCC2)CCN(c2cc(-c3c(OCc4ccccc4)ccc4nc(-c5ccc(O)cc5)sc34)c3nc(-c4ccc(O)cc4)sc3c2)CC1. The summed E-state index contributed by atoms with van der Waals surface area (Å²) < 4.78 is 15.3. The van der Waals surface area contributed by atoms with Crippen LogP contribution in [0.3, 0.4) is 0 Å². The van der Waals surface area contributed by atoms with Crippen molar-refractivity contribution in [1.29, 1.82) is 0 Å². The Morgan fingerprint density at radius 3 is 2.09 bits per heavy atom. The van der Waals surface area contributed by atoms with E-state index < -0.39 is 0 Å². The van der Waals surface area contributed by atoms with Crippen molar-refractivity contribution in [3.63, 3.8) is 0 Å². The predicted octanol–water partition coefficient (Wildman–Crippen LogP) is 11.5.